The summed E-state index contributed by atoms with van der Waals surface area (Å²) in [5.74, 6) is 0. The minimum atomic E-state index is -2.81. The molecule has 0 fully saturated rings. The van der Waals surface area contributed by atoms with Gasteiger partial charge in [0.2, 0.25) is 0 Å². The molecule has 1 aliphatic rings. The molecule has 0 aliphatic carbocycles. The van der Waals surface area contributed by atoms with Crippen LogP contribution in [0.2, 0.25) is 19.6 Å². The fourth-order valence-electron chi connectivity index (χ4n) is 4.84. The van der Waals surface area contributed by atoms with Crippen LogP contribution in [0.3, 0.4) is 0 Å². The monoisotopic (exact) mass is 436 g/mol. The van der Waals surface area contributed by atoms with Gasteiger partial charge in [0, 0.05) is 0 Å². The Kier molecular flexibility index (Phi) is 6.32. The molecular formula is C25H34GeSi. The average Bonchev–Trinajstić information content (AvgIpc) is 2.99. The predicted octanol–water partition coefficient (Wildman–Crippen LogP) is 6.04. The fraction of sp³-hybridized carbons (Fsp3) is 0.360. The van der Waals surface area contributed by atoms with Crippen molar-refractivity contribution in [3.05, 3.63) is 80.7 Å². The van der Waals surface area contributed by atoms with Crippen molar-refractivity contribution in [2.24, 2.45) is 0 Å². The van der Waals surface area contributed by atoms with Crippen LogP contribution in [0.15, 0.2) is 80.7 Å². The van der Waals surface area contributed by atoms with Crippen LogP contribution in [-0.2, 0) is 0 Å². The Morgan fingerprint density at radius 1 is 0.704 bits per heavy atom. The first-order valence-electron chi connectivity index (χ1n) is 10.5. The van der Waals surface area contributed by atoms with Gasteiger partial charge in [-0.1, -0.05) is 0 Å². The van der Waals surface area contributed by atoms with Gasteiger partial charge in [-0.2, -0.15) is 0 Å². The van der Waals surface area contributed by atoms with Gasteiger partial charge in [0.05, 0.1) is 0 Å². The molecule has 0 atom stereocenters. The third-order valence-corrected chi connectivity index (χ3v) is 24.4. The third kappa shape index (κ3) is 3.69. The molecule has 0 radical (unpaired) electrons. The molecule has 1 heterocycles. The first kappa shape index (κ1) is 20.4. The molecule has 0 saturated heterocycles. The molecule has 0 N–H and O–H groups in total. The molecule has 142 valence electrons. The molecule has 0 saturated carbocycles. The van der Waals surface area contributed by atoms with E-state index in [1.807, 2.05) is 8.43 Å². The molecule has 0 amide bonds. The molecule has 1 aliphatic heterocycles. The van der Waals surface area contributed by atoms with E-state index in [-0.39, 0.29) is 0 Å². The van der Waals surface area contributed by atoms with Gasteiger partial charge >= 0.3 is 170 Å². The van der Waals surface area contributed by atoms with E-state index in [2.05, 4.69) is 100 Å². The van der Waals surface area contributed by atoms with E-state index in [0.29, 0.717) is 0 Å². The van der Waals surface area contributed by atoms with Crippen LogP contribution in [-0.4, -0.2) is 21.3 Å². The third-order valence-electron chi connectivity index (χ3n) is 5.80. The summed E-state index contributed by atoms with van der Waals surface area (Å²) in [6.45, 7) is 12.4. The molecule has 0 spiro atoms. The quantitative estimate of drug-likeness (QED) is 0.465. The first-order valence-corrected chi connectivity index (χ1v) is 18.2. The summed E-state index contributed by atoms with van der Waals surface area (Å²) >= 11 is -2.81. The molecule has 2 heteroatoms. The average molecular weight is 435 g/mol. The summed E-state index contributed by atoms with van der Waals surface area (Å²) in [6, 6.07) is 23.1. The van der Waals surface area contributed by atoms with E-state index < -0.39 is 21.3 Å². The van der Waals surface area contributed by atoms with Crippen LogP contribution in [0.5, 0.6) is 0 Å². The maximum atomic E-state index is 2.70. The molecule has 0 nitrogen and oxygen atoms in total. The Morgan fingerprint density at radius 2 is 1.19 bits per heavy atom. The van der Waals surface area contributed by atoms with Crippen LogP contribution >= 0.6 is 0 Å². The van der Waals surface area contributed by atoms with Crippen molar-refractivity contribution in [2.45, 2.75) is 59.2 Å². The van der Waals surface area contributed by atoms with Gasteiger partial charge in [-0.05, 0) is 0 Å². The van der Waals surface area contributed by atoms with E-state index >= 15 is 0 Å². The Labute approximate surface area is 169 Å². The van der Waals surface area contributed by atoms with E-state index in [1.54, 1.807) is 14.4 Å². The maximum absolute atomic E-state index is 2.81. The van der Waals surface area contributed by atoms with Crippen LogP contribution in [0.1, 0.15) is 39.5 Å². The second kappa shape index (κ2) is 8.36. The van der Waals surface area contributed by atoms with Crippen LogP contribution in [0.4, 0.5) is 0 Å². The van der Waals surface area contributed by atoms with Gasteiger partial charge in [-0.15, -0.1) is 0 Å². The van der Waals surface area contributed by atoms with Crippen molar-refractivity contribution >= 4 is 30.1 Å². The van der Waals surface area contributed by atoms with Gasteiger partial charge in [0.1, 0.15) is 0 Å². The van der Waals surface area contributed by atoms with E-state index in [4.69, 9.17) is 0 Å². The second-order valence-electron chi connectivity index (χ2n) is 8.79. The first-order chi connectivity index (χ1) is 13.0. The number of hydrogen-bond acceptors (Lipinski definition) is 0. The van der Waals surface area contributed by atoms with Crippen LogP contribution < -0.4 is 8.79 Å². The zero-order valence-electron chi connectivity index (χ0n) is 17.7. The van der Waals surface area contributed by atoms with Crippen molar-refractivity contribution in [1.29, 1.82) is 0 Å². The van der Waals surface area contributed by atoms with E-state index in [1.165, 1.54) is 25.7 Å². The molecule has 2 aromatic rings. The summed E-state index contributed by atoms with van der Waals surface area (Å²) in [5.41, 5.74) is 1.68. The van der Waals surface area contributed by atoms with Crippen LogP contribution in [0, 0.1) is 0 Å². The van der Waals surface area contributed by atoms with Gasteiger partial charge < -0.3 is 0 Å². The van der Waals surface area contributed by atoms with Gasteiger partial charge in [-0.25, -0.2) is 0 Å². The summed E-state index contributed by atoms with van der Waals surface area (Å²) in [6.07, 6.45) is 7.66. The standard InChI is InChI=1S/C25H34GeSi/c1-6-14-21-20-25(27(3,4)5)26(24(21)15-7-2,22-16-10-8-11-17-22)23-18-12-9-13-19-23/h8-13,16-20H,6-7,14-15H2,1-5H3. The molecule has 3 rings (SSSR count). The molecule has 2 aromatic carbocycles. The Balaban J connectivity index is 2.41. The fourth-order valence-corrected chi connectivity index (χ4v) is 26.6. The van der Waals surface area contributed by atoms with E-state index in [0.717, 1.165) is 0 Å². The van der Waals surface area contributed by atoms with Gasteiger partial charge in [0.25, 0.3) is 0 Å². The van der Waals surface area contributed by atoms with Gasteiger partial charge in [0.15, 0.2) is 0 Å². The van der Waals surface area contributed by atoms with Crippen LogP contribution in [0.25, 0.3) is 0 Å². The zero-order valence-corrected chi connectivity index (χ0v) is 20.8. The summed E-state index contributed by atoms with van der Waals surface area (Å²) < 4.78 is 6.97. The number of rotatable bonds is 7. The van der Waals surface area contributed by atoms with Crippen molar-refractivity contribution in [2.75, 3.05) is 0 Å². The molecule has 0 bridgehead atoms. The topological polar surface area (TPSA) is 0 Å². The summed E-state index contributed by atoms with van der Waals surface area (Å²) in [5, 5.41) is 0. The van der Waals surface area contributed by atoms with Crippen molar-refractivity contribution < 1.29 is 0 Å². The molecule has 0 unspecified atom stereocenters. The van der Waals surface area contributed by atoms with Gasteiger partial charge in [-0.3, -0.25) is 0 Å². The zero-order chi connectivity index (χ0) is 19.5. The second-order valence-corrected chi connectivity index (χ2v) is 22.8. The molecule has 0 aromatic heterocycles. The normalized spacial score (nSPS) is 16.6. The molecular weight excluding hydrogens is 401 g/mol. The minimum absolute atomic E-state index is 1.23. The summed E-state index contributed by atoms with van der Waals surface area (Å²) in [4.78, 5) is 0. The summed E-state index contributed by atoms with van der Waals surface area (Å²) in [7, 11) is -1.46. The van der Waals surface area contributed by atoms with Crippen molar-refractivity contribution in [1.82, 2.24) is 0 Å². The molecule has 27 heavy (non-hydrogen) atoms. The Hall–Kier alpha value is -1.32. The van der Waals surface area contributed by atoms with Crippen molar-refractivity contribution in [3.8, 4) is 0 Å². The predicted molar refractivity (Wildman–Crippen MR) is 126 cm³/mol. The Bertz CT molecular complexity index is 786. The van der Waals surface area contributed by atoms with E-state index in [9.17, 15) is 0 Å². The van der Waals surface area contributed by atoms with Crippen molar-refractivity contribution in [3.63, 3.8) is 0 Å². The Morgan fingerprint density at radius 3 is 1.59 bits per heavy atom. The number of benzene rings is 2. The number of allylic oxidation sites excluding steroid dienone is 3. The number of hydrogen-bond donors (Lipinski definition) is 0. The SMILES string of the molecule is CCCC1=[C](CCC)[Ge]([c]2ccccc2)([c]2ccccc2)[C]([Si](C)(C)C)=C1.